The number of rotatable bonds is 2. The van der Waals surface area contributed by atoms with Crippen LogP contribution in [0.2, 0.25) is 0 Å². The maximum Gasteiger partial charge on any atom is 0.512 e. The summed E-state index contributed by atoms with van der Waals surface area (Å²) < 4.78 is 4.70. The molecule has 0 unspecified atom stereocenters. The minimum Gasteiger partial charge on any atom is -0.449 e. The molecule has 1 rings (SSSR count). The van der Waals surface area contributed by atoms with Gasteiger partial charge in [0.15, 0.2) is 5.82 Å². The molecule has 1 aromatic heterocycles. The van der Waals surface area contributed by atoms with Crippen LogP contribution >= 0.6 is 28.1 Å². The van der Waals surface area contributed by atoms with E-state index in [-0.39, 0.29) is 11.7 Å². The van der Waals surface area contributed by atoms with Crippen LogP contribution in [0.5, 0.6) is 5.88 Å². The van der Waals surface area contributed by atoms with Crippen LogP contribution in [-0.4, -0.2) is 26.6 Å². The molecule has 0 fully saturated rings. The molecule has 0 atom stereocenters. The van der Waals surface area contributed by atoms with Crippen molar-refractivity contribution in [3.63, 3.8) is 0 Å². The van der Waals surface area contributed by atoms with E-state index in [1.165, 1.54) is 11.6 Å². The van der Waals surface area contributed by atoms with Crippen molar-refractivity contribution >= 4 is 39.7 Å². The summed E-state index contributed by atoms with van der Waals surface area (Å²) in [5.74, 6) is 0.160. The van der Waals surface area contributed by atoms with Gasteiger partial charge in [0.2, 0.25) is 5.88 Å². The molecule has 1 heterocycles. The van der Waals surface area contributed by atoms with Crippen molar-refractivity contribution in [2.24, 2.45) is 0 Å². The minimum atomic E-state index is -1.44. The molecular formula is C6H3BrN2O3S. The summed E-state index contributed by atoms with van der Waals surface area (Å²) in [6.45, 7) is 0. The van der Waals surface area contributed by atoms with Gasteiger partial charge in [-0.2, -0.15) is 4.98 Å². The molecule has 68 valence electrons. The lowest BCUT2D eigenvalue weighted by Gasteiger charge is -2.00. The lowest BCUT2D eigenvalue weighted by atomic mass is 10.6. The number of nitrogens with zero attached hydrogens (tertiary/aromatic N) is 2. The van der Waals surface area contributed by atoms with E-state index in [0.717, 1.165) is 0 Å². The maximum absolute atomic E-state index is 10.2. The van der Waals surface area contributed by atoms with E-state index in [1.54, 1.807) is 0 Å². The number of carbonyl (C=O) groups is 1. The topological polar surface area (TPSA) is 72.3 Å². The molecule has 0 radical (unpaired) electrons. The molecule has 0 saturated carbocycles. The Morgan fingerprint density at radius 3 is 3.00 bits per heavy atom. The molecule has 0 aliphatic rings. The smallest absolute Gasteiger partial charge is 0.449 e. The van der Waals surface area contributed by atoms with Crippen LogP contribution in [0.15, 0.2) is 10.7 Å². The predicted molar refractivity (Wildman–Crippen MR) is 51.1 cm³/mol. The molecule has 13 heavy (non-hydrogen) atoms. The van der Waals surface area contributed by atoms with Crippen LogP contribution in [0.4, 0.5) is 4.79 Å². The summed E-state index contributed by atoms with van der Waals surface area (Å²) in [6, 6.07) is 0. The van der Waals surface area contributed by atoms with E-state index >= 15 is 0 Å². The van der Waals surface area contributed by atoms with Crippen molar-refractivity contribution < 1.29 is 14.6 Å². The van der Waals surface area contributed by atoms with Crippen LogP contribution in [0, 0.1) is 0 Å². The molecule has 1 N–H and O–H groups in total. The number of thiocarbonyl (C=S) groups is 1. The predicted octanol–water partition coefficient (Wildman–Crippen LogP) is 1.64. The third kappa shape index (κ3) is 2.71. The molecule has 5 nitrogen and oxygen atoms in total. The highest BCUT2D eigenvalue weighted by Gasteiger charge is 2.08. The first-order valence-electron chi connectivity index (χ1n) is 3.02. The van der Waals surface area contributed by atoms with E-state index in [1.807, 2.05) is 0 Å². The monoisotopic (exact) mass is 262 g/mol. The number of hydrogen-bond donors (Lipinski definition) is 1. The van der Waals surface area contributed by atoms with E-state index in [4.69, 9.17) is 5.11 Å². The first-order chi connectivity index (χ1) is 6.13. The maximum atomic E-state index is 10.2. The van der Waals surface area contributed by atoms with Gasteiger partial charge in [0.1, 0.15) is 0 Å². The highest BCUT2D eigenvalue weighted by atomic mass is 79.9. The van der Waals surface area contributed by atoms with E-state index in [0.29, 0.717) is 4.47 Å². The molecule has 0 aliphatic carbocycles. The molecule has 7 heteroatoms. The first kappa shape index (κ1) is 10.0. The third-order valence-electron chi connectivity index (χ3n) is 1.02. The van der Waals surface area contributed by atoms with Crippen molar-refractivity contribution in [1.82, 2.24) is 9.97 Å². The Hall–Kier alpha value is -1.08. The molecule has 0 amide bonds. The van der Waals surface area contributed by atoms with Crippen molar-refractivity contribution in [3.05, 3.63) is 16.5 Å². The van der Waals surface area contributed by atoms with E-state index in [9.17, 15) is 4.79 Å². The van der Waals surface area contributed by atoms with E-state index in [2.05, 4.69) is 42.9 Å². The van der Waals surface area contributed by atoms with Crippen molar-refractivity contribution in [1.29, 1.82) is 0 Å². The van der Waals surface area contributed by atoms with Gasteiger partial charge in [-0.15, -0.1) is 0 Å². The summed E-state index contributed by atoms with van der Waals surface area (Å²) in [5, 5.41) is 9.54. The minimum absolute atomic E-state index is 0.0707. The third-order valence-corrected chi connectivity index (χ3v) is 1.77. The van der Waals surface area contributed by atoms with Gasteiger partial charge in [-0.05, 0) is 15.9 Å². The fourth-order valence-electron chi connectivity index (χ4n) is 0.575. The summed E-state index contributed by atoms with van der Waals surface area (Å²) >= 11 is 7.59. The summed E-state index contributed by atoms with van der Waals surface area (Å²) in [7, 11) is 0. The van der Waals surface area contributed by atoms with Crippen LogP contribution in [0.3, 0.4) is 0 Å². The van der Waals surface area contributed by atoms with Gasteiger partial charge in [-0.25, -0.2) is 9.78 Å². The van der Waals surface area contributed by atoms with Crippen molar-refractivity contribution in [2.45, 2.75) is 0 Å². The zero-order valence-electron chi connectivity index (χ0n) is 6.10. The first-order valence-corrected chi connectivity index (χ1v) is 4.28. The number of ether oxygens (including phenoxy) is 1. The second-order valence-electron chi connectivity index (χ2n) is 1.87. The Morgan fingerprint density at radius 2 is 2.46 bits per heavy atom. The number of carboxylic acid groups (broad SMARTS) is 1. The molecule has 0 bridgehead atoms. The highest BCUT2D eigenvalue weighted by molar-refractivity contribution is 9.10. The molecule has 0 saturated heterocycles. The van der Waals surface area contributed by atoms with Crippen molar-refractivity contribution in [2.75, 3.05) is 0 Å². The van der Waals surface area contributed by atoms with Crippen LogP contribution in [0.25, 0.3) is 0 Å². The van der Waals surface area contributed by atoms with E-state index < -0.39 is 6.16 Å². The summed E-state index contributed by atoms with van der Waals surface area (Å²) in [5.41, 5.74) is 0. The molecule has 0 aliphatic heterocycles. The Bertz CT molecular complexity index is 358. The summed E-state index contributed by atoms with van der Waals surface area (Å²) in [4.78, 5) is 17.7. The van der Waals surface area contributed by atoms with Crippen LogP contribution < -0.4 is 4.74 Å². The van der Waals surface area contributed by atoms with Crippen LogP contribution in [-0.2, 0) is 0 Å². The zero-order chi connectivity index (χ0) is 9.84. The Morgan fingerprint density at radius 1 is 1.77 bits per heavy atom. The van der Waals surface area contributed by atoms with Gasteiger partial charge >= 0.3 is 6.16 Å². The zero-order valence-corrected chi connectivity index (χ0v) is 8.50. The Labute approximate surface area is 86.9 Å². The van der Waals surface area contributed by atoms with Gasteiger partial charge in [-0.1, -0.05) is 12.2 Å². The Balaban J connectivity index is 3.03. The highest BCUT2D eigenvalue weighted by Crippen LogP contribution is 2.20. The fraction of sp³-hybridized carbons (Fsp3) is 0. The van der Waals surface area contributed by atoms with Gasteiger partial charge in [-0.3, -0.25) is 0 Å². The average molecular weight is 263 g/mol. The fourth-order valence-corrected chi connectivity index (χ4v) is 0.961. The van der Waals surface area contributed by atoms with Gasteiger partial charge < -0.3 is 9.84 Å². The second-order valence-corrected chi connectivity index (χ2v) is 2.96. The molecule has 0 aromatic carbocycles. The van der Waals surface area contributed by atoms with Gasteiger partial charge in [0.05, 0.1) is 4.47 Å². The largest absolute Gasteiger partial charge is 0.512 e. The second kappa shape index (κ2) is 4.24. The number of aromatic nitrogens is 2. The van der Waals surface area contributed by atoms with Crippen molar-refractivity contribution in [3.8, 4) is 5.88 Å². The lowest BCUT2D eigenvalue weighted by Crippen LogP contribution is -2.06. The normalized spacial score (nSPS) is 9.31. The SMILES string of the molecule is O=C(O)Oc1nc(C=S)ncc1Br. The standard InChI is InChI=1S/C6H3BrN2O3S/c7-3-1-8-4(2-13)9-5(3)12-6(10)11/h1-2H,(H,10,11). The van der Waals surface area contributed by atoms with Gasteiger partial charge in [0, 0.05) is 11.6 Å². The number of halogens is 1. The average Bonchev–Trinajstić information content (AvgIpc) is 2.08. The summed E-state index contributed by atoms with van der Waals surface area (Å²) in [6.07, 6.45) is -0.0710. The molecule has 1 aromatic rings. The number of hydrogen-bond acceptors (Lipinski definition) is 5. The Kier molecular flexibility index (Phi) is 3.26. The quantitative estimate of drug-likeness (QED) is 0.646. The molecule has 0 spiro atoms. The molecular weight excluding hydrogens is 260 g/mol. The lowest BCUT2D eigenvalue weighted by molar-refractivity contribution is 0.142. The van der Waals surface area contributed by atoms with Gasteiger partial charge in [0.25, 0.3) is 0 Å². The van der Waals surface area contributed by atoms with Crippen LogP contribution in [0.1, 0.15) is 5.82 Å².